The van der Waals surface area contributed by atoms with Crippen LogP contribution in [0, 0.1) is 6.92 Å². The lowest BCUT2D eigenvalue weighted by atomic mass is 9.95. The van der Waals surface area contributed by atoms with Gasteiger partial charge in [0.25, 0.3) is 0 Å². The van der Waals surface area contributed by atoms with Gasteiger partial charge in [-0.15, -0.1) is 12.4 Å². The molecule has 0 saturated carbocycles. The van der Waals surface area contributed by atoms with Gasteiger partial charge in [0.15, 0.2) is 0 Å². The topological polar surface area (TPSA) is 21.3 Å². The van der Waals surface area contributed by atoms with E-state index in [1.807, 2.05) is 13.1 Å². The van der Waals surface area contributed by atoms with Gasteiger partial charge >= 0.3 is 0 Å². The van der Waals surface area contributed by atoms with Crippen molar-refractivity contribution in [3.8, 4) is 11.5 Å². The average Bonchev–Trinajstić information content (AvgIpc) is 2.40. The lowest BCUT2D eigenvalue weighted by Gasteiger charge is -2.24. The van der Waals surface area contributed by atoms with Crippen molar-refractivity contribution in [3.63, 3.8) is 0 Å². The fourth-order valence-electron chi connectivity index (χ4n) is 2.67. The SMILES string of the molecule is CNC1Cc2ccccc2Oc2ccc(C)cc2C1.Cl. The third kappa shape index (κ3) is 2.97. The van der Waals surface area contributed by atoms with Gasteiger partial charge in [-0.25, -0.2) is 0 Å². The number of rotatable bonds is 1. The molecule has 3 rings (SSSR count). The summed E-state index contributed by atoms with van der Waals surface area (Å²) in [5.41, 5.74) is 3.84. The smallest absolute Gasteiger partial charge is 0.130 e. The Morgan fingerprint density at radius 1 is 1.00 bits per heavy atom. The summed E-state index contributed by atoms with van der Waals surface area (Å²) in [7, 11) is 2.03. The Morgan fingerprint density at radius 3 is 2.50 bits per heavy atom. The predicted molar refractivity (Wildman–Crippen MR) is 85.2 cm³/mol. The van der Waals surface area contributed by atoms with Gasteiger partial charge in [-0.3, -0.25) is 0 Å². The number of nitrogens with one attached hydrogen (secondary N) is 1. The number of hydrogen-bond acceptors (Lipinski definition) is 2. The average molecular weight is 290 g/mol. The summed E-state index contributed by atoms with van der Waals surface area (Å²) >= 11 is 0. The Kier molecular flexibility index (Phi) is 4.69. The maximum atomic E-state index is 6.10. The third-order valence-electron chi connectivity index (χ3n) is 3.75. The molecule has 0 radical (unpaired) electrons. The number of ether oxygens (including phenoxy) is 1. The molecule has 2 aromatic rings. The van der Waals surface area contributed by atoms with E-state index in [-0.39, 0.29) is 12.4 Å². The van der Waals surface area contributed by atoms with E-state index in [0.29, 0.717) is 6.04 Å². The summed E-state index contributed by atoms with van der Waals surface area (Å²) in [4.78, 5) is 0. The summed E-state index contributed by atoms with van der Waals surface area (Å²) in [6.07, 6.45) is 2.00. The largest absolute Gasteiger partial charge is 0.457 e. The molecule has 0 aromatic heterocycles. The minimum atomic E-state index is 0. The molecule has 20 heavy (non-hydrogen) atoms. The molecule has 1 unspecified atom stereocenters. The Hall–Kier alpha value is -1.51. The van der Waals surface area contributed by atoms with Gasteiger partial charge in [-0.05, 0) is 50.1 Å². The van der Waals surface area contributed by atoms with Crippen LogP contribution in [0.3, 0.4) is 0 Å². The molecule has 0 spiro atoms. The third-order valence-corrected chi connectivity index (χ3v) is 3.75. The number of aryl methyl sites for hydroxylation is 1. The number of hydrogen-bond donors (Lipinski definition) is 1. The van der Waals surface area contributed by atoms with E-state index in [0.717, 1.165) is 24.3 Å². The van der Waals surface area contributed by atoms with Crippen LogP contribution >= 0.6 is 12.4 Å². The maximum absolute atomic E-state index is 6.10. The lowest BCUT2D eigenvalue weighted by molar-refractivity contribution is 0.441. The number of para-hydroxylation sites is 1. The minimum Gasteiger partial charge on any atom is -0.457 e. The molecule has 1 N–H and O–H groups in total. The van der Waals surface area contributed by atoms with Crippen LogP contribution in [0.4, 0.5) is 0 Å². The molecule has 1 heterocycles. The first-order valence-electron chi connectivity index (χ1n) is 6.79. The van der Waals surface area contributed by atoms with E-state index in [9.17, 15) is 0 Å². The molecule has 1 aliphatic heterocycles. The molecule has 106 valence electrons. The Bertz CT molecular complexity index is 597. The maximum Gasteiger partial charge on any atom is 0.130 e. The number of halogens is 1. The first-order chi connectivity index (χ1) is 9.26. The van der Waals surface area contributed by atoms with Gasteiger partial charge in [0.1, 0.15) is 11.5 Å². The van der Waals surface area contributed by atoms with Crippen LogP contribution in [0.5, 0.6) is 11.5 Å². The first kappa shape index (κ1) is 14.9. The van der Waals surface area contributed by atoms with Crippen LogP contribution in [-0.4, -0.2) is 13.1 Å². The van der Waals surface area contributed by atoms with E-state index in [4.69, 9.17) is 4.74 Å². The first-order valence-corrected chi connectivity index (χ1v) is 6.79. The molecule has 0 bridgehead atoms. The van der Waals surface area contributed by atoms with Gasteiger partial charge in [-0.2, -0.15) is 0 Å². The summed E-state index contributed by atoms with van der Waals surface area (Å²) in [6, 6.07) is 15.2. The summed E-state index contributed by atoms with van der Waals surface area (Å²) in [6.45, 7) is 2.13. The molecular formula is C17H20ClNO. The minimum absolute atomic E-state index is 0. The fraction of sp³-hybridized carbons (Fsp3) is 0.294. The quantitative estimate of drug-likeness (QED) is 0.860. The van der Waals surface area contributed by atoms with E-state index in [1.165, 1.54) is 16.7 Å². The molecule has 1 aliphatic rings. The number of benzene rings is 2. The van der Waals surface area contributed by atoms with Gasteiger partial charge in [-0.1, -0.05) is 35.9 Å². The van der Waals surface area contributed by atoms with Crippen LogP contribution in [0.1, 0.15) is 16.7 Å². The molecule has 0 saturated heterocycles. The molecule has 0 aliphatic carbocycles. The van der Waals surface area contributed by atoms with E-state index in [1.54, 1.807) is 0 Å². The highest BCUT2D eigenvalue weighted by Gasteiger charge is 2.18. The van der Waals surface area contributed by atoms with Crippen molar-refractivity contribution >= 4 is 12.4 Å². The zero-order valence-corrected chi connectivity index (χ0v) is 12.7. The Labute approximate surface area is 126 Å². The molecular weight excluding hydrogens is 270 g/mol. The molecule has 2 nitrogen and oxygen atoms in total. The number of likely N-dealkylation sites (N-methyl/N-ethyl adjacent to an activating group) is 1. The second kappa shape index (κ2) is 6.29. The van der Waals surface area contributed by atoms with E-state index >= 15 is 0 Å². The summed E-state index contributed by atoms with van der Waals surface area (Å²) in [5, 5.41) is 3.42. The highest BCUT2D eigenvalue weighted by atomic mass is 35.5. The highest BCUT2D eigenvalue weighted by molar-refractivity contribution is 5.85. The van der Waals surface area contributed by atoms with Crippen LogP contribution in [0.15, 0.2) is 42.5 Å². The van der Waals surface area contributed by atoms with Crippen molar-refractivity contribution in [2.75, 3.05) is 7.05 Å². The van der Waals surface area contributed by atoms with Crippen molar-refractivity contribution < 1.29 is 4.74 Å². The van der Waals surface area contributed by atoms with Crippen molar-refractivity contribution in [3.05, 3.63) is 59.2 Å². The fourth-order valence-corrected chi connectivity index (χ4v) is 2.67. The highest BCUT2D eigenvalue weighted by Crippen LogP contribution is 2.33. The van der Waals surface area contributed by atoms with E-state index < -0.39 is 0 Å². The van der Waals surface area contributed by atoms with Gasteiger partial charge in [0.2, 0.25) is 0 Å². The zero-order chi connectivity index (χ0) is 13.2. The molecule has 0 fully saturated rings. The zero-order valence-electron chi connectivity index (χ0n) is 11.8. The second-order valence-corrected chi connectivity index (χ2v) is 5.21. The van der Waals surface area contributed by atoms with Crippen molar-refractivity contribution in [2.24, 2.45) is 0 Å². The van der Waals surface area contributed by atoms with Crippen LogP contribution < -0.4 is 10.1 Å². The Balaban J connectivity index is 0.00000147. The lowest BCUT2D eigenvalue weighted by Crippen LogP contribution is -2.31. The van der Waals surface area contributed by atoms with Crippen molar-refractivity contribution in [2.45, 2.75) is 25.8 Å². The van der Waals surface area contributed by atoms with Crippen LogP contribution in [0.2, 0.25) is 0 Å². The van der Waals surface area contributed by atoms with Crippen molar-refractivity contribution in [1.82, 2.24) is 5.32 Å². The monoisotopic (exact) mass is 289 g/mol. The number of fused-ring (bicyclic) bond motifs is 2. The molecule has 1 atom stereocenters. The Morgan fingerprint density at radius 2 is 1.70 bits per heavy atom. The van der Waals surface area contributed by atoms with Gasteiger partial charge in [0, 0.05) is 6.04 Å². The van der Waals surface area contributed by atoms with Crippen LogP contribution in [0.25, 0.3) is 0 Å². The molecule has 3 heteroatoms. The standard InChI is InChI=1S/C17H19NO.ClH/c1-12-7-8-17-14(9-12)11-15(18-2)10-13-5-3-4-6-16(13)19-17;/h3-9,15,18H,10-11H2,1-2H3;1H. The molecule has 2 aromatic carbocycles. The van der Waals surface area contributed by atoms with E-state index in [2.05, 4.69) is 48.6 Å². The van der Waals surface area contributed by atoms with Crippen molar-refractivity contribution in [1.29, 1.82) is 0 Å². The summed E-state index contributed by atoms with van der Waals surface area (Å²) in [5.74, 6) is 1.96. The normalized spacial score (nSPS) is 16.8. The van der Waals surface area contributed by atoms with Gasteiger partial charge in [0.05, 0.1) is 0 Å². The molecule has 0 amide bonds. The predicted octanol–water partition coefficient (Wildman–Crippen LogP) is 3.90. The second-order valence-electron chi connectivity index (χ2n) is 5.21. The van der Waals surface area contributed by atoms with Gasteiger partial charge < -0.3 is 10.1 Å². The van der Waals surface area contributed by atoms with Crippen LogP contribution in [-0.2, 0) is 12.8 Å². The summed E-state index contributed by atoms with van der Waals surface area (Å²) < 4.78 is 6.10.